The van der Waals surface area contributed by atoms with E-state index in [2.05, 4.69) is 44.1 Å². The van der Waals surface area contributed by atoms with Crippen molar-refractivity contribution in [2.24, 2.45) is 0 Å². The summed E-state index contributed by atoms with van der Waals surface area (Å²) in [5, 5.41) is 3.27. The van der Waals surface area contributed by atoms with Crippen molar-refractivity contribution in [3.63, 3.8) is 0 Å². The van der Waals surface area contributed by atoms with E-state index < -0.39 is 0 Å². The fourth-order valence-electron chi connectivity index (χ4n) is 1.70. The molecule has 2 aromatic carbocycles. The summed E-state index contributed by atoms with van der Waals surface area (Å²) in [6.07, 6.45) is 0. The maximum absolute atomic E-state index is 13.2. The molecule has 0 heterocycles. The van der Waals surface area contributed by atoms with Gasteiger partial charge in [0.15, 0.2) is 0 Å². The molecule has 0 saturated carbocycles. The zero-order valence-corrected chi connectivity index (χ0v) is 14.1. The van der Waals surface area contributed by atoms with E-state index in [0.29, 0.717) is 10.2 Å². The summed E-state index contributed by atoms with van der Waals surface area (Å²) < 4.78 is 20.4. The van der Waals surface area contributed by atoms with Crippen LogP contribution in [0.1, 0.15) is 12.5 Å². The molecule has 0 spiro atoms. The summed E-state index contributed by atoms with van der Waals surface area (Å²) in [5.41, 5.74) is 1.05. The van der Waals surface area contributed by atoms with E-state index in [9.17, 15) is 4.39 Å². The van der Waals surface area contributed by atoms with E-state index in [-0.39, 0.29) is 5.82 Å². The summed E-state index contributed by atoms with van der Waals surface area (Å²) in [6.45, 7) is 3.66. The Morgan fingerprint density at radius 2 is 1.95 bits per heavy atom. The van der Waals surface area contributed by atoms with Gasteiger partial charge in [-0.2, -0.15) is 0 Å². The minimum atomic E-state index is -0.306. The van der Waals surface area contributed by atoms with Crippen molar-refractivity contribution >= 4 is 31.9 Å². The summed E-state index contributed by atoms with van der Waals surface area (Å²) in [5.74, 6) is 1.03. The molecule has 20 heavy (non-hydrogen) atoms. The Labute approximate surface area is 134 Å². The molecule has 2 rings (SSSR count). The van der Waals surface area contributed by atoms with Crippen molar-refractivity contribution in [2.75, 3.05) is 6.54 Å². The van der Waals surface area contributed by atoms with Gasteiger partial charge in [-0.15, -0.1) is 0 Å². The fourth-order valence-corrected chi connectivity index (χ4v) is 2.39. The van der Waals surface area contributed by atoms with Gasteiger partial charge in [0.25, 0.3) is 0 Å². The Hall–Kier alpha value is -0.910. The van der Waals surface area contributed by atoms with Gasteiger partial charge in [0.05, 0.1) is 4.47 Å². The lowest BCUT2D eigenvalue weighted by Gasteiger charge is -2.12. The highest BCUT2D eigenvalue weighted by molar-refractivity contribution is 9.10. The standard InChI is InChI=1S/C15H14Br2FNO/c1-2-19-9-10-3-4-11(16)7-15(10)20-12-5-6-14(18)13(17)8-12/h3-8,19H,2,9H2,1H3. The molecule has 0 saturated heterocycles. The summed E-state index contributed by atoms with van der Waals surface area (Å²) >= 11 is 6.59. The van der Waals surface area contributed by atoms with Gasteiger partial charge in [-0.25, -0.2) is 4.39 Å². The summed E-state index contributed by atoms with van der Waals surface area (Å²) in [4.78, 5) is 0. The van der Waals surface area contributed by atoms with Crippen LogP contribution >= 0.6 is 31.9 Å². The molecular formula is C15H14Br2FNO. The van der Waals surface area contributed by atoms with Gasteiger partial charge < -0.3 is 10.1 Å². The van der Waals surface area contributed by atoms with Crippen LogP contribution in [0.15, 0.2) is 45.3 Å². The maximum atomic E-state index is 13.2. The monoisotopic (exact) mass is 401 g/mol. The maximum Gasteiger partial charge on any atom is 0.137 e. The molecule has 0 aliphatic carbocycles. The molecule has 0 aliphatic heterocycles. The fraction of sp³-hybridized carbons (Fsp3) is 0.200. The largest absolute Gasteiger partial charge is 0.457 e. The second-order valence-electron chi connectivity index (χ2n) is 4.21. The number of nitrogens with one attached hydrogen (secondary N) is 1. The van der Waals surface area contributed by atoms with Crippen molar-refractivity contribution in [1.82, 2.24) is 5.32 Å². The van der Waals surface area contributed by atoms with Crippen LogP contribution in [0.2, 0.25) is 0 Å². The van der Waals surface area contributed by atoms with Crippen LogP contribution in [-0.2, 0) is 6.54 Å². The topological polar surface area (TPSA) is 21.3 Å². The van der Waals surface area contributed by atoms with Crippen molar-refractivity contribution in [3.05, 3.63) is 56.7 Å². The van der Waals surface area contributed by atoms with E-state index in [1.807, 2.05) is 18.2 Å². The quantitative estimate of drug-likeness (QED) is 0.737. The van der Waals surface area contributed by atoms with E-state index in [1.165, 1.54) is 6.07 Å². The highest BCUT2D eigenvalue weighted by Gasteiger charge is 2.07. The molecule has 0 amide bonds. The Morgan fingerprint density at radius 1 is 1.15 bits per heavy atom. The molecule has 0 aromatic heterocycles. The average Bonchev–Trinajstić information content (AvgIpc) is 2.42. The number of ether oxygens (including phenoxy) is 1. The third kappa shape index (κ3) is 4.04. The van der Waals surface area contributed by atoms with Crippen molar-refractivity contribution < 1.29 is 9.13 Å². The van der Waals surface area contributed by atoms with Crippen molar-refractivity contribution in [3.8, 4) is 11.5 Å². The lowest BCUT2D eigenvalue weighted by molar-refractivity contribution is 0.470. The highest BCUT2D eigenvalue weighted by atomic mass is 79.9. The Balaban J connectivity index is 2.26. The van der Waals surface area contributed by atoms with E-state index in [1.54, 1.807) is 12.1 Å². The van der Waals surface area contributed by atoms with Crippen LogP contribution in [0.4, 0.5) is 4.39 Å². The van der Waals surface area contributed by atoms with E-state index in [0.717, 1.165) is 28.9 Å². The second-order valence-corrected chi connectivity index (χ2v) is 5.98. The zero-order chi connectivity index (χ0) is 14.5. The zero-order valence-electron chi connectivity index (χ0n) is 10.9. The molecule has 0 radical (unpaired) electrons. The number of hydrogen-bond donors (Lipinski definition) is 1. The first-order valence-electron chi connectivity index (χ1n) is 6.22. The first-order chi connectivity index (χ1) is 9.60. The lowest BCUT2D eigenvalue weighted by atomic mass is 10.2. The Kier molecular flexibility index (Phi) is 5.57. The van der Waals surface area contributed by atoms with Gasteiger partial charge >= 0.3 is 0 Å². The molecule has 0 aliphatic rings. The highest BCUT2D eigenvalue weighted by Crippen LogP contribution is 2.30. The molecule has 5 heteroatoms. The van der Waals surface area contributed by atoms with Crippen molar-refractivity contribution in [2.45, 2.75) is 13.5 Å². The molecule has 0 atom stereocenters. The first kappa shape index (κ1) is 15.5. The first-order valence-corrected chi connectivity index (χ1v) is 7.81. The molecule has 106 valence electrons. The summed E-state index contributed by atoms with van der Waals surface area (Å²) in [7, 11) is 0. The number of benzene rings is 2. The predicted molar refractivity (Wildman–Crippen MR) is 85.7 cm³/mol. The number of halogens is 3. The predicted octanol–water partition coefficient (Wildman–Crippen LogP) is 5.25. The Morgan fingerprint density at radius 3 is 2.65 bits per heavy atom. The van der Waals surface area contributed by atoms with Gasteiger partial charge in [-0.1, -0.05) is 28.9 Å². The molecular weight excluding hydrogens is 389 g/mol. The number of hydrogen-bond acceptors (Lipinski definition) is 2. The SMILES string of the molecule is CCNCc1ccc(Br)cc1Oc1ccc(F)c(Br)c1. The van der Waals surface area contributed by atoms with Crippen LogP contribution in [0.3, 0.4) is 0 Å². The molecule has 0 bridgehead atoms. The van der Waals surface area contributed by atoms with Gasteiger partial charge in [-0.3, -0.25) is 0 Å². The van der Waals surface area contributed by atoms with Gasteiger partial charge in [0.2, 0.25) is 0 Å². The molecule has 2 nitrogen and oxygen atoms in total. The smallest absolute Gasteiger partial charge is 0.137 e. The normalized spacial score (nSPS) is 10.6. The average molecular weight is 403 g/mol. The minimum absolute atomic E-state index is 0.306. The van der Waals surface area contributed by atoms with Crippen LogP contribution in [0, 0.1) is 5.82 Å². The van der Waals surface area contributed by atoms with E-state index >= 15 is 0 Å². The van der Waals surface area contributed by atoms with Gasteiger partial charge in [0, 0.05) is 16.6 Å². The third-order valence-electron chi connectivity index (χ3n) is 2.71. The Bertz CT molecular complexity index is 604. The molecule has 0 unspecified atom stereocenters. The van der Waals surface area contributed by atoms with Crippen LogP contribution in [-0.4, -0.2) is 6.54 Å². The summed E-state index contributed by atoms with van der Waals surface area (Å²) in [6, 6.07) is 10.5. The minimum Gasteiger partial charge on any atom is -0.457 e. The van der Waals surface area contributed by atoms with Crippen LogP contribution in [0.25, 0.3) is 0 Å². The molecule has 0 fully saturated rings. The molecule has 1 N–H and O–H groups in total. The van der Waals surface area contributed by atoms with Crippen LogP contribution < -0.4 is 10.1 Å². The van der Waals surface area contributed by atoms with Crippen molar-refractivity contribution in [1.29, 1.82) is 0 Å². The second kappa shape index (κ2) is 7.20. The van der Waals surface area contributed by atoms with Gasteiger partial charge in [0.1, 0.15) is 17.3 Å². The lowest BCUT2D eigenvalue weighted by Crippen LogP contribution is -2.12. The van der Waals surface area contributed by atoms with Gasteiger partial charge in [-0.05, 0) is 52.8 Å². The number of rotatable bonds is 5. The van der Waals surface area contributed by atoms with Crippen LogP contribution in [0.5, 0.6) is 11.5 Å². The molecule has 2 aromatic rings. The third-order valence-corrected chi connectivity index (χ3v) is 3.81. The van der Waals surface area contributed by atoms with E-state index in [4.69, 9.17) is 4.74 Å².